The Hall–Kier alpha value is -2.18. The van der Waals surface area contributed by atoms with Crippen LogP contribution in [0.25, 0.3) is 0 Å². The van der Waals surface area contributed by atoms with E-state index in [0.29, 0.717) is 19.1 Å². The SMILES string of the molecule is CCc1ccccc1NC(=O)CN1CCN(CC(=O)N(C2=CCCCC2)C2CC2)CC1. The second kappa shape index (κ2) is 10.4. The molecule has 0 bridgehead atoms. The van der Waals surface area contributed by atoms with Crippen LogP contribution in [0.1, 0.15) is 51.0 Å². The third-order valence-electron chi connectivity index (χ3n) is 6.62. The molecule has 1 aromatic rings. The summed E-state index contributed by atoms with van der Waals surface area (Å²) in [5, 5.41) is 3.06. The molecule has 168 valence electrons. The molecule has 2 amide bonds. The number of nitrogens with zero attached hydrogens (tertiary/aromatic N) is 3. The monoisotopic (exact) mass is 424 g/mol. The summed E-state index contributed by atoms with van der Waals surface area (Å²) in [6.07, 6.45) is 10.1. The first-order valence-electron chi connectivity index (χ1n) is 12.0. The zero-order valence-corrected chi connectivity index (χ0v) is 18.8. The number of anilines is 1. The Morgan fingerprint density at radius 2 is 1.74 bits per heavy atom. The minimum absolute atomic E-state index is 0.0366. The van der Waals surface area contributed by atoms with E-state index in [-0.39, 0.29) is 11.8 Å². The second-order valence-electron chi connectivity index (χ2n) is 9.05. The molecule has 0 atom stereocenters. The van der Waals surface area contributed by atoms with Crippen LogP contribution in [0.5, 0.6) is 0 Å². The average molecular weight is 425 g/mol. The van der Waals surface area contributed by atoms with Gasteiger partial charge in [0.05, 0.1) is 13.1 Å². The van der Waals surface area contributed by atoms with E-state index in [1.807, 2.05) is 18.2 Å². The molecule has 3 aliphatic rings. The van der Waals surface area contributed by atoms with Gasteiger partial charge in [0.1, 0.15) is 0 Å². The van der Waals surface area contributed by atoms with E-state index < -0.39 is 0 Å². The van der Waals surface area contributed by atoms with Crippen LogP contribution in [0.2, 0.25) is 0 Å². The zero-order chi connectivity index (χ0) is 21.6. The van der Waals surface area contributed by atoms with Crippen molar-refractivity contribution < 1.29 is 9.59 Å². The van der Waals surface area contributed by atoms with Crippen LogP contribution < -0.4 is 5.32 Å². The first-order valence-corrected chi connectivity index (χ1v) is 12.0. The molecule has 31 heavy (non-hydrogen) atoms. The fraction of sp³-hybridized carbons (Fsp3) is 0.600. The number of hydrogen-bond donors (Lipinski definition) is 1. The molecule has 6 nitrogen and oxygen atoms in total. The summed E-state index contributed by atoms with van der Waals surface area (Å²) in [5.74, 6) is 0.299. The number of carbonyl (C=O) groups excluding carboxylic acids is 2. The van der Waals surface area contributed by atoms with Crippen molar-refractivity contribution in [2.75, 3.05) is 44.6 Å². The molecule has 1 heterocycles. The van der Waals surface area contributed by atoms with E-state index in [1.54, 1.807) is 0 Å². The summed E-state index contributed by atoms with van der Waals surface area (Å²) in [6, 6.07) is 8.42. The molecule has 1 N–H and O–H groups in total. The van der Waals surface area contributed by atoms with E-state index in [2.05, 4.69) is 39.1 Å². The molecule has 2 aliphatic carbocycles. The Kier molecular flexibility index (Phi) is 7.41. The van der Waals surface area contributed by atoms with Gasteiger partial charge < -0.3 is 10.2 Å². The number of nitrogens with one attached hydrogen (secondary N) is 1. The number of piperazine rings is 1. The zero-order valence-electron chi connectivity index (χ0n) is 18.8. The highest BCUT2D eigenvalue weighted by Gasteiger charge is 2.35. The maximum Gasteiger partial charge on any atom is 0.241 e. The van der Waals surface area contributed by atoms with E-state index in [4.69, 9.17) is 0 Å². The number of aryl methyl sites for hydroxylation is 1. The molecule has 0 spiro atoms. The van der Waals surface area contributed by atoms with Gasteiger partial charge in [0.15, 0.2) is 0 Å². The molecule has 1 aromatic carbocycles. The Morgan fingerprint density at radius 1 is 1.03 bits per heavy atom. The molecule has 0 aromatic heterocycles. The van der Waals surface area contributed by atoms with Gasteiger partial charge in [-0.15, -0.1) is 0 Å². The van der Waals surface area contributed by atoms with E-state index >= 15 is 0 Å². The second-order valence-corrected chi connectivity index (χ2v) is 9.05. The van der Waals surface area contributed by atoms with Crippen molar-refractivity contribution in [3.05, 3.63) is 41.6 Å². The molecule has 1 saturated carbocycles. The Labute approximate surface area is 186 Å². The molecule has 0 radical (unpaired) electrons. The van der Waals surface area contributed by atoms with Crippen molar-refractivity contribution in [3.63, 3.8) is 0 Å². The van der Waals surface area contributed by atoms with Crippen LogP contribution in [0.3, 0.4) is 0 Å². The fourth-order valence-electron chi connectivity index (χ4n) is 4.69. The molecule has 0 unspecified atom stereocenters. The number of carbonyl (C=O) groups is 2. The average Bonchev–Trinajstić information content (AvgIpc) is 3.61. The van der Waals surface area contributed by atoms with Crippen molar-refractivity contribution in [2.24, 2.45) is 0 Å². The maximum absolute atomic E-state index is 13.1. The highest BCUT2D eigenvalue weighted by atomic mass is 16.2. The largest absolute Gasteiger partial charge is 0.325 e. The highest BCUT2D eigenvalue weighted by molar-refractivity contribution is 5.93. The lowest BCUT2D eigenvalue weighted by molar-refractivity contribution is -0.132. The van der Waals surface area contributed by atoms with Crippen molar-refractivity contribution >= 4 is 17.5 Å². The van der Waals surface area contributed by atoms with Crippen molar-refractivity contribution in [1.29, 1.82) is 0 Å². The first-order chi connectivity index (χ1) is 15.1. The third-order valence-corrected chi connectivity index (χ3v) is 6.62. The fourth-order valence-corrected chi connectivity index (χ4v) is 4.69. The predicted octanol–water partition coefficient (Wildman–Crippen LogP) is 3.25. The minimum Gasteiger partial charge on any atom is -0.325 e. The van der Waals surface area contributed by atoms with Crippen LogP contribution in [0.4, 0.5) is 5.69 Å². The quantitative estimate of drug-likeness (QED) is 0.696. The molecular formula is C25H36N4O2. The van der Waals surface area contributed by atoms with Gasteiger partial charge in [0, 0.05) is 43.6 Å². The van der Waals surface area contributed by atoms with Gasteiger partial charge in [-0.05, 0) is 56.6 Å². The normalized spacial score (nSPS) is 20.2. The molecule has 2 fully saturated rings. The Bertz CT molecular complexity index is 809. The summed E-state index contributed by atoms with van der Waals surface area (Å²) in [4.78, 5) is 32.2. The molecule has 1 saturated heterocycles. The van der Waals surface area contributed by atoms with Gasteiger partial charge in [-0.3, -0.25) is 19.4 Å². The number of para-hydroxylation sites is 1. The van der Waals surface area contributed by atoms with Crippen LogP contribution in [0.15, 0.2) is 36.0 Å². The van der Waals surface area contributed by atoms with Crippen molar-refractivity contribution in [2.45, 2.75) is 57.9 Å². The van der Waals surface area contributed by atoms with Crippen LogP contribution in [-0.2, 0) is 16.0 Å². The Morgan fingerprint density at radius 3 is 2.39 bits per heavy atom. The van der Waals surface area contributed by atoms with Gasteiger partial charge in [-0.25, -0.2) is 0 Å². The smallest absolute Gasteiger partial charge is 0.241 e. The Balaban J connectivity index is 1.23. The third kappa shape index (κ3) is 5.95. The molecule has 4 rings (SSSR count). The molecular weight excluding hydrogens is 388 g/mol. The van der Waals surface area contributed by atoms with Gasteiger partial charge in [0.25, 0.3) is 0 Å². The molecule has 1 aliphatic heterocycles. The maximum atomic E-state index is 13.1. The summed E-state index contributed by atoms with van der Waals surface area (Å²) in [5.41, 5.74) is 3.34. The lowest BCUT2D eigenvalue weighted by atomic mass is 10.0. The number of rotatable bonds is 8. The van der Waals surface area contributed by atoms with Crippen LogP contribution >= 0.6 is 0 Å². The van der Waals surface area contributed by atoms with Gasteiger partial charge in [-0.1, -0.05) is 31.2 Å². The highest BCUT2D eigenvalue weighted by Crippen LogP contribution is 2.33. The van der Waals surface area contributed by atoms with Gasteiger partial charge in [0.2, 0.25) is 11.8 Å². The number of amides is 2. The lowest BCUT2D eigenvalue weighted by Gasteiger charge is -2.36. The number of benzene rings is 1. The van der Waals surface area contributed by atoms with E-state index in [9.17, 15) is 9.59 Å². The van der Waals surface area contributed by atoms with E-state index in [1.165, 1.54) is 18.5 Å². The predicted molar refractivity (Wildman–Crippen MR) is 124 cm³/mol. The number of hydrogen-bond acceptors (Lipinski definition) is 4. The van der Waals surface area contributed by atoms with Gasteiger partial charge >= 0.3 is 0 Å². The first kappa shape index (κ1) is 22.0. The molecule has 6 heteroatoms. The van der Waals surface area contributed by atoms with Crippen LogP contribution in [0, 0.1) is 0 Å². The van der Waals surface area contributed by atoms with Crippen LogP contribution in [-0.4, -0.2) is 71.8 Å². The summed E-state index contributed by atoms with van der Waals surface area (Å²) < 4.78 is 0. The van der Waals surface area contributed by atoms with E-state index in [0.717, 1.165) is 69.5 Å². The number of allylic oxidation sites excluding steroid dienone is 2. The lowest BCUT2D eigenvalue weighted by Crippen LogP contribution is -2.51. The van der Waals surface area contributed by atoms with Gasteiger partial charge in [-0.2, -0.15) is 0 Å². The van der Waals surface area contributed by atoms with Crippen molar-refractivity contribution in [1.82, 2.24) is 14.7 Å². The summed E-state index contributed by atoms with van der Waals surface area (Å²) >= 11 is 0. The summed E-state index contributed by atoms with van der Waals surface area (Å²) in [6.45, 7) is 6.31. The summed E-state index contributed by atoms with van der Waals surface area (Å²) in [7, 11) is 0. The van der Waals surface area contributed by atoms with Crippen molar-refractivity contribution in [3.8, 4) is 0 Å². The minimum atomic E-state index is 0.0366. The standard InChI is InChI=1S/C25H36N4O2/c1-2-20-8-6-7-11-23(20)26-24(30)18-27-14-16-28(17-15-27)19-25(31)29(22-12-13-22)21-9-4-3-5-10-21/h6-9,11,22H,2-5,10,12-19H2,1H3,(H,26,30). The topological polar surface area (TPSA) is 55.9 Å².